The minimum Gasteiger partial charge on any atom is -0.381 e. The molecule has 2 aromatic rings. The molecular weight excluding hydrogens is 308 g/mol. The number of rotatable bonds is 3. The zero-order valence-electron chi connectivity index (χ0n) is 12.1. The standard InChI is InChI=1S/C13H20N4O2S2/c1-8-5-9(2)7-10(6-8)16-21(18,19)12-11(14)15-13-17(12)3-4-20-13/h3-4,8-10,16H,5-7,14H2,1-2H3. The maximum Gasteiger partial charge on any atom is 0.260 e. The van der Waals surface area contributed by atoms with Gasteiger partial charge in [0.2, 0.25) is 0 Å². The number of nitrogen functional groups attached to an aromatic ring is 1. The Morgan fingerprint density at radius 3 is 2.67 bits per heavy atom. The largest absolute Gasteiger partial charge is 0.381 e. The summed E-state index contributed by atoms with van der Waals surface area (Å²) in [4.78, 5) is 4.70. The molecule has 2 aromatic heterocycles. The van der Waals surface area contributed by atoms with Crippen molar-refractivity contribution in [3.63, 3.8) is 0 Å². The summed E-state index contributed by atoms with van der Waals surface area (Å²) in [5.41, 5.74) is 5.80. The minimum atomic E-state index is -3.66. The van der Waals surface area contributed by atoms with Crippen molar-refractivity contribution >= 4 is 32.1 Å². The molecule has 3 N–H and O–H groups in total. The van der Waals surface area contributed by atoms with E-state index in [1.165, 1.54) is 15.7 Å². The molecule has 0 spiro atoms. The highest BCUT2D eigenvalue weighted by Gasteiger charge is 2.31. The Morgan fingerprint density at radius 2 is 2.00 bits per heavy atom. The number of hydrogen-bond acceptors (Lipinski definition) is 5. The zero-order chi connectivity index (χ0) is 15.2. The third kappa shape index (κ3) is 2.79. The second-order valence-corrected chi connectivity index (χ2v) is 8.60. The number of thiazole rings is 1. The van der Waals surface area contributed by atoms with Gasteiger partial charge in [-0.25, -0.2) is 18.1 Å². The molecule has 116 valence electrons. The van der Waals surface area contributed by atoms with Gasteiger partial charge in [-0.2, -0.15) is 0 Å². The van der Waals surface area contributed by atoms with E-state index in [4.69, 9.17) is 5.73 Å². The maximum absolute atomic E-state index is 12.7. The van der Waals surface area contributed by atoms with Crippen LogP contribution in [0.25, 0.3) is 4.96 Å². The van der Waals surface area contributed by atoms with Crippen molar-refractivity contribution in [3.8, 4) is 0 Å². The third-order valence-corrected chi connectivity index (χ3v) is 6.31. The number of fused-ring (bicyclic) bond motifs is 1. The maximum atomic E-state index is 12.7. The first-order valence-corrected chi connectivity index (χ1v) is 9.46. The molecular formula is C13H20N4O2S2. The number of aromatic nitrogens is 2. The third-order valence-electron chi connectivity index (χ3n) is 4.00. The minimum absolute atomic E-state index is 0.0302. The van der Waals surface area contributed by atoms with Crippen LogP contribution < -0.4 is 10.5 Å². The number of sulfonamides is 1. The van der Waals surface area contributed by atoms with Gasteiger partial charge >= 0.3 is 0 Å². The molecule has 0 bridgehead atoms. The molecule has 8 heteroatoms. The van der Waals surface area contributed by atoms with Crippen molar-refractivity contribution in [3.05, 3.63) is 11.6 Å². The first-order valence-electron chi connectivity index (χ1n) is 7.10. The second kappa shape index (κ2) is 5.26. The summed E-state index contributed by atoms with van der Waals surface area (Å²) in [6.45, 7) is 4.34. The molecule has 1 saturated carbocycles. The summed E-state index contributed by atoms with van der Waals surface area (Å²) in [6, 6.07) is -0.0302. The lowest BCUT2D eigenvalue weighted by Crippen LogP contribution is -2.40. The van der Waals surface area contributed by atoms with Gasteiger partial charge in [0.25, 0.3) is 10.0 Å². The summed E-state index contributed by atoms with van der Waals surface area (Å²) in [5.74, 6) is 1.13. The molecule has 2 unspecified atom stereocenters. The molecule has 0 saturated heterocycles. The Kier molecular flexibility index (Phi) is 3.71. The van der Waals surface area contributed by atoms with Gasteiger partial charge in [-0.15, -0.1) is 11.3 Å². The summed E-state index contributed by atoms with van der Waals surface area (Å²) in [6.07, 6.45) is 4.58. The average molecular weight is 328 g/mol. The van der Waals surface area contributed by atoms with Crippen LogP contribution in [0.3, 0.4) is 0 Å². The van der Waals surface area contributed by atoms with Gasteiger partial charge in [-0.05, 0) is 31.1 Å². The molecule has 2 heterocycles. The van der Waals surface area contributed by atoms with Crippen molar-refractivity contribution in [1.82, 2.24) is 14.1 Å². The van der Waals surface area contributed by atoms with Crippen molar-refractivity contribution in [2.75, 3.05) is 5.73 Å². The van der Waals surface area contributed by atoms with Gasteiger partial charge < -0.3 is 5.73 Å². The van der Waals surface area contributed by atoms with Crippen molar-refractivity contribution in [2.24, 2.45) is 11.8 Å². The molecule has 1 fully saturated rings. The molecule has 1 aliphatic carbocycles. The Hall–Kier alpha value is -1.12. The van der Waals surface area contributed by atoms with Gasteiger partial charge in [-0.1, -0.05) is 13.8 Å². The van der Waals surface area contributed by atoms with Gasteiger partial charge in [0, 0.05) is 17.6 Å². The quantitative estimate of drug-likeness (QED) is 0.902. The van der Waals surface area contributed by atoms with Crippen molar-refractivity contribution < 1.29 is 8.42 Å². The highest BCUT2D eigenvalue weighted by Crippen LogP contribution is 2.30. The normalized spacial score (nSPS) is 27.2. The first-order chi connectivity index (χ1) is 9.87. The first kappa shape index (κ1) is 14.8. The monoisotopic (exact) mass is 328 g/mol. The number of nitrogens with zero attached hydrogens (tertiary/aromatic N) is 2. The zero-order valence-corrected chi connectivity index (χ0v) is 13.7. The van der Waals surface area contributed by atoms with E-state index < -0.39 is 10.0 Å². The van der Waals surface area contributed by atoms with E-state index >= 15 is 0 Å². The highest BCUT2D eigenvalue weighted by atomic mass is 32.2. The lowest BCUT2D eigenvalue weighted by Gasteiger charge is -2.31. The molecule has 0 aromatic carbocycles. The molecule has 6 nitrogen and oxygen atoms in total. The number of hydrogen-bond donors (Lipinski definition) is 2. The number of nitrogens with one attached hydrogen (secondary N) is 1. The summed E-state index contributed by atoms with van der Waals surface area (Å²) < 4.78 is 29.7. The van der Waals surface area contributed by atoms with E-state index in [0.717, 1.165) is 19.3 Å². The molecule has 21 heavy (non-hydrogen) atoms. The fourth-order valence-electron chi connectivity index (χ4n) is 3.37. The van der Waals surface area contributed by atoms with Crippen molar-refractivity contribution in [2.45, 2.75) is 44.2 Å². The number of imidazole rings is 1. The Labute approximate surface area is 128 Å². The van der Waals surface area contributed by atoms with Crippen LogP contribution in [0, 0.1) is 11.8 Å². The van der Waals surface area contributed by atoms with Gasteiger partial charge in [0.05, 0.1) is 0 Å². The smallest absolute Gasteiger partial charge is 0.260 e. The van der Waals surface area contributed by atoms with E-state index in [0.29, 0.717) is 16.8 Å². The molecule has 0 radical (unpaired) electrons. The summed E-state index contributed by atoms with van der Waals surface area (Å²) >= 11 is 1.36. The molecule has 3 rings (SSSR count). The van der Waals surface area contributed by atoms with E-state index in [2.05, 4.69) is 23.6 Å². The molecule has 0 amide bonds. The Balaban J connectivity index is 1.90. The predicted molar refractivity (Wildman–Crippen MR) is 83.8 cm³/mol. The number of nitrogens with two attached hydrogens (primary N) is 1. The van der Waals surface area contributed by atoms with E-state index in [1.54, 1.807) is 11.6 Å². The van der Waals surface area contributed by atoms with Crippen LogP contribution in [0.15, 0.2) is 16.6 Å². The van der Waals surface area contributed by atoms with Crippen LogP contribution in [0.2, 0.25) is 0 Å². The van der Waals surface area contributed by atoms with E-state index in [1.807, 2.05) is 0 Å². The van der Waals surface area contributed by atoms with E-state index in [-0.39, 0.29) is 16.9 Å². The van der Waals surface area contributed by atoms with Gasteiger partial charge in [0.1, 0.15) is 0 Å². The number of anilines is 1. The second-order valence-electron chi connectivity index (χ2n) is 6.09. The molecule has 1 aliphatic rings. The fraction of sp³-hybridized carbons (Fsp3) is 0.615. The molecule has 0 aliphatic heterocycles. The fourth-order valence-corrected chi connectivity index (χ4v) is 5.62. The lowest BCUT2D eigenvalue weighted by atomic mass is 9.81. The predicted octanol–water partition coefficient (Wildman–Crippen LogP) is 2.08. The van der Waals surface area contributed by atoms with E-state index in [9.17, 15) is 8.42 Å². The summed E-state index contributed by atoms with van der Waals surface area (Å²) in [5, 5.41) is 1.86. The van der Waals surface area contributed by atoms with Crippen LogP contribution in [-0.2, 0) is 10.0 Å². The Morgan fingerprint density at radius 1 is 1.33 bits per heavy atom. The highest BCUT2D eigenvalue weighted by molar-refractivity contribution is 7.89. The van der Waals surface area contributed by atoms with Crippen molar-refractivity contribution in [1.29, 1.82) is 0 Å². The van der Waals surface area contributed by atoms with Crippen LogP contribution >= 0.6 is 11.3 Å². The van der Waals surface area contributed by atoms with Gasteiger partial charge in [-0.3, -0.25) is 4.40 Å². The van der Waals surface area contributed by atoms with Crippen LogP contribution in [-0.4, -0.2) is 23.8 Å². The average Bonchev–Trinajstić information content (AvgIpc) is 2.85. The van der Waals surface area contributed by atoms with Crippen LogP contribution in [0.1, 0.15) is 33.1 Å². The Bertz CT molecular complexity index is 739. The SMILES string of the molecule is CC1CC(C)CC(NS(=O)(=O)c2c(N)nc3sccn23)C1. The summed E-state index contributed by atoms with van der Waals surface area (Å²) in [7, 11) is -3.66. The van der Waals surface area contributed by atoms with Gasteiger partial charge in [0.15, 0.2) is 15.8 Å². The van der Waals surface area contributed by atoms with Crippen LogP contribution in [0.5, 0.6) is 0 Å². The van der Waals surface area contributed by atoms with Crippen LogP contribution in [0.4, 0.5) is 5.82 Å². The lowest BCUT2D eigenvalue weighted by molar-refractivity contribution is 0.257. The molecule has 2 atom stereocenters. The topological polar surface area (TPSA) is 89.5 Å².